The van der Waals surface area contributed by atoms with Crippen LogP contribution < -0.4 is 14.8 Å². The summed E-state index contributed by atoms with van der Waals surface area (Å²) in [7, 11) is 0. The average molecular weight is 290 g/mol. The van der Waals surface area contributed by atoms with Gasteiger partial charge in [-0.25, -0.2) is 0 Å². The molecule has 1 aromatic rings. The molecule has 21 heavy (non-hydrogen) atoms. The maximum Gasteiger partial charge on any atom is 0.251 e. The Balaban J connectivity index is 2.89. The SMILES string of the molecule is CCOc1ccc(C(=O)NC(CC)CC#N)cc1OCC. The van der Waals surface area contributed by atoms with Crippen molar-refractivity contribution in [1.29, 1.82) is 5.26 Å². The number of rotatable bonds is 8. The molecule has 1 aromatic carbocycles. The fourth-order valence-electron chi connectivity index (χ4n) is 1.87. The molecule has 5 nitrogen and oxygen atoms in total. The Morgan fingerprint density at radius 2 is 1.90 bits per heavy atom. The van der Waals surface area contributed by atoms with Crippen molar-refractivity contribution < 1.29 is 14.3 Å². The molecule has 0 fully saturated rings. The van der Waals surface area contributed by atoms with Gasteiger partial charge in [-0.3, -0.25) is 4.79 Å². The van der Waals surface area contributed by atoms with Crippen molar-refractivity contribution in [3.63, 3.8) is 0 Å². The minimum absolute atomic E-state index is 0.135. The highest BCUT2D eigenvalue weighted by Gasteiger charge is 2.14. The first kappa shape index (κ1) is 16.8. The number of hydrogen-bond donors (Lipinski definition) is 1. The highest BCUT2D eigenvalue weighted by Crippen LogP contribution is 2.28. The number of benzene rings is 1. The quantitative estimate of drug-likeness (QED) is 0.799. The molecular formula is C16H22N2O3. The molecule has 5 heteroatoms. The van der Waals surface area contributed by atoms with Gasteiger partial charge in [-0.05, 0) is 38.5 Å². The molecule has 0 aliphatic heterocycles. The molecular weight excluding hydrogens is 268 g/mol. The Bertz CT molecular complexity index is 509. The maximum absolute atomic E-state index is 12.2. The summed E-state index contributed by atoms with van der Waals surface area (Å²) in [6.07, 6.45) is 1.02. The van der Waals surface area contributed by atoms with Crippen LogP contribution in [-0.4, -0.2) is 25.2 Å². The van der Waals surface area contributed by atoms with Gasteiger partial charge in [0, 0.05) is 11.6 Å². The molecule has 1 amide bonds. The predicted octanol–water partition coefficient (Wildman–Crippen LogP) is 2.91. The van der Waals surface area contributed by atoms with Gasteiger partial charge in [-0.1, -0.05) is 6.92 Å². The van der Waals surface area contributed by atoms with E-state index < -0.39 is 0 Å². The zero-order valence-corrected chi connectivity index (χ0v) is 12.8. The third kappa shape index (κ3) is 4.99. The number of nitrogens with one attached hydrogen (secondary N) is 1. The normalized spacial score (nSPS) is 11.3. The van der Waals surface area contributed by atoms with Crippen molar-refractivity contribution in [2.75, 3.05) is 13.2 Å². The second kappa shape index (κ2) is 8.85. The highest BCUT2D eigenvalue weighted by molar-refractivity contribution is 5.95. The van der Waals surface area contributed by atoms with Gasteiger partial charge < -0.3 is 14.8 Å². The summed E-state index contributed by atoms with van der Waals surface area (Å²) in [5, 5.41) is 11.6. The minimum Gasteiger partial charge on any atom is -0.490 e. The fraction of sp³-hybridized carbons (Fsp3) is 0.500. The molecule has 1 rings (SSSR count). The van der Waals surface area contributed by atoms with Crippen molar-refractivity contribution in [1.82, 2.24) is 5.32 Å². The summed E-state index contributed by atoms with van der Waals surface area (Å²) in [4.78, 5) is 12.2. The van der Waals surface area contributed by atoms with Gasteiger partial charge in [0.25, 0.3) is 5.91 Å². The van der Waals surface area contributed by atoms with E-state index in [0.717, 1.165) is 0 Å². The van der Waals surface area contributed by atoms with Gasteiger partial charge >= 0.3 is 0 Å². The van der Waals surface area contributed by atoms with Crippen LogP contribution in [0, 0.1) is 11.3 Å². The highest BCUT2D eigenvalue weighted by atomic mass is 16.5. The molecule has 114 valence electrons. The Morgan fingerprint density at radius 3 is 2.48 bits per heavy atom. The number of nitriles is 1. The summed E-state index contributed by atoms with van der Waals surface area (Å²) in [5.41, 5.74) is 0.498. The van der Waals surface area contributed by atoms with E-state index in [-0.39, 0.29) is 11.9 Å². The molecule has 0 saturated carbocycles. The van der Waals surface area contributed by atoms with E-state index in [1.165, 1.54) is 0 Å². The predicted molar refractivity (Wildman–Crippen MR) is 80.6 cm³/mol. The van der Waals surface area contributed by atoms with Crippen LogP contribution in [0.25, 0.3) is 0 Å². The van der Waals surface area contributed by atoms with Crippen LogP contribution in [0.3, 0.4) is 0 Å². The van der Waals surface area contributed by atoms with Gasteiger partial charge in [0.15, 0.2) is 11.5 Å². The smallest absolute Gasteiger partial charge is 0.251 e. The topological polar surface area (TPSA) is 71.3 Å². The van der Waals surface area contributed by atoms with Crippen LogP contribution >= 0.6 is 0 Å². The van der Waals surface area contributed by atoms with Crippen molar-refractivity contribution >= 4 is 5.91 Å². The summed E-state index contributed by atoms with van der Waals surface area (Å²) in [6, 6.07) is 7.04. The second-order valence-corrected chi connectivity index (χ2v) is 4.47. The molecule has 0 radical (unpaired) electrons. The standard InChI is InChI=1S/C16H22N2O3/c1-4-13(9-10-17)18-16(19)12-7-8-14(20-5-2)15(11-12)21-6-3/h7-8,11,13H,4-6,9H2,1-3H3,(H,18,19). The number of carbonyl (C=O) groups excluding carboxylic acids is 1. The van der Waals surface area contributed by atoms with Gasteiger partial charge in [0.05, 0.1) is 25.7 Å². The van der Waals surface area contributed by atoms with Crippen molar-refractivity contribution in [3.8, 4) is 17.6 Å². The lowest BCUT2D eigenvalue weighted by Crippen LogP contribution is -2.34. The lowest BCUT2D eigenvalue weighted by atomic mass is 10.1. The Kier molecular flexibility index (Phi) is 7.10. The van der Waals surface area contributed by atoms with Gasteiger partial charge in [0.2, 0.25) is 0 Å². The van der Waals surface area contributed by atoms with E-state index in [4.69, 9.17) is 14.7 Å². The lowest BCUT2D eigenvalue weighted by Gasteiger charge is -2.15. The molecule has 0 bridgehead atoms. The van der Waals surface area contributed by atoms with E-state index in [2.05, 4.69) is 11.4 Å². The lowest BCUT2D eigenvalue weighted by molar-refractivity contribution is 0.0936. The van der Waals surface area contributed by atoms with Crippen LogP contribution in [0.4, 0.5) is 0 Å². The molecule has 1 unspecified atom stereocenters. The van der Waals surface area contributed by atoms with Crippen LogP contribution in [0.2, 0.25) is 0 Å². The molecule has 0 saturated heterocycles. The minimum atomic E-state index is -0.207. The first-order chi connectivity index (χ1) is 10.2. The van der Waals surface area contributed by atoms with Crippen LogP contribution in [0.15, 0.2) is 18.2 Å². The zero-order chi connectivity index (χ0) is 15.7. The number of ether oxygens (including phenoxy) is 2. The summed E-state index contributed by atoms with van der Waals surface area (Å²) < 4.78 is 11.0. The summed E-state index contributed by atoms with van der Waals surface area (Å²) in [5.74, 6) is 0.974. The number of amides is 1. The van der Waals surface area contributed by atoms with Gasteiger partial charge in [-0.2, -0.15) is 5.26 Å². The number of carbonyl (C=O) groups is 1. The Labute approximate surface area is 125 Å². The Morgan fingerprint density at radius 1 is 1.24 bits per heavy atom. The summed E-state index contributed by atoms with van der Waals surface area (Å²) in [6.45, 7) is 6.74. The molecule has 0 aromatic heterocycles. The van der Waals surface area contributed by atoms with E-state index in [1.807, 2.05) is 20.8 Å². The third-order valence-corrected chi connectivity index (χ3v) is 2.97. The first-order valence-corrected chi connectivity index (χ1v) is 7.23. The van der Waals surface area contributed by atoms with E-state index in [9.17, 15) is 4.79 Å². The van der Waals surface area contributed by atoms with Crippen molar-refractivity contribution in [3.05, 3.63) is 23.8 Å². The Hall–Kier alpha value is -2.22. The molecule has 0 spiro atoms. The number of nitrogens with zero attached hydrogens (tertiary/aromatic N) is 1. The third-order valence-electron chi connectivity index (χ3n) is 2.97. The van der Waals surface area contributed by atoms with Gasteiger partial charge in [-0.15, -0.1) is 0 Å². The number of hydrogen-bond acceptors (Lipinski definition) is 4. The zero-order valence-electron chi connectivity index (χ0n) is 12.8. The average Bonchev–Trinajstić information content (AvgIpc) is 2.48. The van der Waals surface area contributed by atoms with Crippen molar-refractivity contribution in [2.24, 2.45) is 0 Å². The van der Waals surface area contributed by atoms with E-state index in [1.54, 1.807) is 18.2 Å². The van der Waals surface area contributed by atoms with E-state index in [0.29, 0.717) is 43.1 Å². The van der Waals surface area contributed by atoms with Crippen LogP contribution in [-0.2, 0) is 0 Å². The van der Waals surface area contributed by atoms with Crippen molar-refractivity contribution in [2.45, 2.75) is 39.7 Å². The first-order valence-electron chi connectivity index (χ1n) is 7.23. The largest absolute Gasteiger partial charge is 0.490 e. The van der Waals surface area contributed by atoms with Crippen LogP contribution in [0.5, 0.6) is 11.5 Å². The molecule has 0 aliphatic rings. The molecule has 1 atom stereocenters. The monoisotopic (exact) mass is 290 g/mol. The van der Waals surface area contributed by atoms with Gasteiger partial charge in [0.1, 0.15) is 0 Å². The molecule has 1 N–H and O–H groups in total. The maximum atomic E-state index is 12.2. The second-order valence-electron chi connectivity index (χ2n) is 4.47. The van der Waals surface area contributed by atoms with E-state index >= 15 is 0 Å². The summed E-state index contributed by atoms with van der Waals surface area (Å²) >= 11 is 0. The molecule has 0 aliphatic carbocycles. The fourth-order valence-corrected chi connectivity index (χ4v) is 1.87. The van der Waals surface area contributed by atoms with Crippen LogP contribution in [0.1, 0.15) is 44.0 Å². The molecule has 0 heterocycles.